The van der Waals surface area contributed by atoms with Crippen molar-refractivity contribution in [1.82, 2.24) is 14.7 Å². The number of morpholine rings is 2. The Labute approximate surface area is 172 Å². The summed E-state index contributed by atoms with van der Waals surface area (Å²) in [7, 11) is 0. The number of hydrogen-bond acceptors (Lipinski definition) is 5. The molecule has 0 bridgehead atoms. The van der Waals surface area contributed by atoms with Crippen molar-refractivity contribution in [3.05, 3.63) is 0 Å². The molecule has 1 amide bonds. The number of carbonyl (C=O) groups is 1. The fourth-order valence-corrected chi connectivity index (χ4v) is 4.12. The van der Waals surface area contributed by atoms with Gasteiger partial charge in [-0.05, 0) is 31.7 Å². The highest BCUT2D eigenvalue weighted by Gasteiger charge is 2.19. The van der Waals surface area contributed by atoms with Crippen molar-refractivity contribution in [2.24, 2.45) is 5.92 Å². The van der Waals surface area contributed by atoms with E-state index in [2.05, 4.69) is 28.5 Å². The first kappa shape index (κ1) is 23.6. The van der Waals surface area contributed by atoms with Crippen LogP contribution >= 0.6 is 0 Å². The summed E-state index contributed by atoms with van der Waals surface area (Å²) in [5.74, 6) is 0.862. The van der Waals surface area contributed by atoms with E-state index in [4.69, 9.17) is 9.47 Å². The molecule has 1 unspecified atom stereocenters. The van der Waals surface area contributed by atoms with Gasteiger partial charge in [-0.2, -0.15) is 0 Å². The third kappa shape index (κ3) is 9.68. The van der Waals surface area contributed by atoms with Crippen molar-refractivity contribution in [3.63, 3.8) is 0 Å². The normalized spacial score (nSPS) is 20.2. The van der Waals surface area contributed by atoms with Gasteiger partial charge >= 0.3 is 0 Å². The van der Waals surface area contributed by atoms with E-state index in [1.54, 1.807) is 0 Å². The highest BCUT2D eigenvalue weighted by atomic mass is 16.5. The molecule has 2 saturated heterocycles. The predicted octanol–water partition coefficient (Wildman–Crippen LogP) is 2.48. The lowest BCUT2D eigenvalue weighted by molar-refractivity contribution is -0.132. The molecule has 2 heterocycles. The number of nitrogens with zero attached hydrogens (tertiary/aromatic N) is 3. The summed E-state index contributed by atoms with van der Waals surface area (Å²) in [6, 6.07) is 0. The molecule has 0 aromatic carbocycles. The van der Waals surface area contributed by atoms with Gasteiger partial charge in [0.15, 0.2) is 0 Å². The topological polar surface area (TPSA) is 45.2 Å². The van der Waals surface area contributed by atoms with Gasteiger partial charge in [-0.3, -0.25) is 14.6 Å². The monoisotopic (exact) mass is 397 g/mol. The van der Waals surface area contributed by atoms with Crippen molar-refractivity contribution in [1.29, 1.82) is 0 Å². The van der Waals surface area contributed by atoms with E-state index in [9.17, 15) is 4.79 Å². The molecule has 0 aromatic heterocycles. The first-order valence-corrected chi connectivity index (χ1v) is 11.6. The summed E-state index contributed by atoms with van der Waals surface area (Å²) in [6.07, 6.45) is 6.32. The number of unbranched alkanes of at least 4 members (excludes halogenated alkanes) is 3. The molecule has 6 heteroatoms. The lowest BCUT2D eigenvalue weighted by atomic mass is 10.1. The van der Waals surface area contributed by atoms with Gasteiger partial charge in [0.1, 0.15) is 0 Å². The van der Waals surface area contributed by atoms with E-state index in [0.29, 0.717) is 18.2 Å². The molecular weight excluding hydrogens is 354 g/mol. The summed E-state index contributed by atoms with van der Waals surface area (Å²) in [5, 5.41) is 0. The molecule has 0 aromatic rings. The van der Waals surface area contributed by atoms with Crippen LogP contribution in [0.4, 0.5) is 0 Å². The van der Waals surface area contributed by atoms with Gasteiger partial charge in [-0.15, -0.1) is 0 Å². The highest BCUT2D eigenvalue weighted by Crippen LogP contribution is 2.11. The molecule has 0 saturated carbocycles. The minimum absolute atomic E-state index is 0.355. The van der Waals surface area contributed by atoms with E-state index >= 15 is 0 Å². The van der Waals surface area contributed by atoms with E-state index < -0.39 is 0 Å². The number of amides is 1. The van der Waals surface area contributed by atoms with Crippen LogP contribution in [0.5, 0.6) is 0 Å². The minimum atomic E-state index is 0.355. The zero-order valence-corrected chi connectivity index (χ0v) is 18.4. The highest BCUT2D eigenvalue weighted by molar-refractivity contribution is 5.76. The minimum Gasteiger partial charge on any atom is -0.379 e. The van der Waals surface area contributed by atoms with Crippen molar-refractivity contribution in [2.45, 2.75) is 52.4 Å². The third-order valence-electron chi connectivity index (χ3n) is 5.81. The second-order valence-corrected chi connectivity index (χ2v) is 8.48. The van der Waals surface area contributed by atoms with Crippen LogP contribution in [-0.2, 0) is 14.3 Å². The van der Waals surface area contributed by atoms with Crippen molar-refractivity contribution in [3.8, 4) is 0 Å². The Kier molecular flexibility index (Phi) is 12.1. The number of hydrogen-bond donors (Lipinski definition) is 0. The maximum Gasteiger partial charge on any atom is 0.222 e. The quantitative estimate of drug-likeness (QED) is 0.447. The number of carbonyl (C=O) groups excluding carboxylic acids is 1. The summed E-state index contributed by atoms with van der Waals surface area (Å²) < 4.78 is 10.9. The van der Waals surface area contributed by atoms with Crippen LogP contribution in [-0.4, -0.2) is 99.4 Å². The zero-order chi connectivity index (χ0) is 20.0. The Hall–Kier alpha value is -0.690. The van der Waals surface area contributed by atoms with E-state index in [1.807, 2.05) is 0 Å². The lowest BCUT2D eigenvalue weighted by Gasteiger charge is -2.32. The Morgan fingerprint density at radius 1 is 0.929 bits per heavy atom. The molecule has 0 aliphatic carbocycles. The van der Waals surface area contributed by atoms with Gasteiger partial charge in [0.25, 0.3) is 0 Å². The summed E-state index contributed by atoms with van der Waals surface area (Å²) in [5.41, 5.74) is 0. The average Bonchev–Trinajstić information content (AvgIpc) is 2.72. The molecule has 6 nitrogen and oxygen atoms in total. The molecule has 0 spiro atoms. The number of rotatable bonds is 13. The molecule has 1 atom stereocenters. The fraction of sp³-hybridized carbons (Fsp3) is 0.955. The lowest BCUT2D eigenvalue weighted by Crippen LogP contribution is -2.43. The zero-order valence-electron chi connectivity index (χ0n) is 18.4. The van der Waals surface area contributed by atoms with Crippen LogP contribution in [0, 0.1) is 5.92 Å². The molecule has 2 aliphatic heterocycles. The maximum atomic E-state index is 12.8. The summed E-state index contributed by atoms with van der Waals surface area (Å²) in [6.45, 7) is 16.0. The van der Waals surface area contributed by atoms with E-state index in [0.717, 1.165) is 104 Å². The second-order valence-electron chi connectivity index (χ2n) is 8.48. The van der Waals surface area contributed by atoms with Crippen LogP contribution in [0.2, 0.25) is 0 Å². The fourth-order valence-electron chi connectivity index (χ4n) is 4.12. The molecule has 164 valence electrons. The first-order chi connectivity index (χ1) is 13.7. The Morgan fingerprint density at radius 3 is 2.21 bits per heavy atom. The van der Waals surface area contributed by atoms with Crippen molar-refractivity contribution in [2.75, 3.05) is 78.8 Å². The predicted molar refractivity (Wildman–Crippen MR) is 114 cm³/mol. The van der Waals surface area contributed by atoms with Crippen LogP contribution in [0.15, 0.2) is 0 Å². The Bertz CT molecular complexity index is 410. The van der Waals surface area contributed by atoms with Crippen LogP contribution in [0.1, 0.15) is 52.4 Å². The van der Waals surface area contributed by atoms with Gasteiger partial charge < -0.3 is 14.4 Å². The van der Waals surface area contributed by atoms with Gasteiger partial charge in [0, 0.05) is 52.2 Å². The maximum absolute atomic E-state index is 12.8. The molecule has 2 aliphatic rings. The molecule has 2 rings (SSSR count). The SMILES string of the molecule is CCCCCC(=O)N(CCCCN1CCOCC1)CC(C)CN1CCOCC1. The average molecular weight is 398 g/mol. The summed E-state index contributed by atoms with van der Waals surface area (Å²) >= 11 is 0. The van der Waals surface area contributed by atoms with Crippen LogP contribution in [0.25, 0.3) is 0 Å². The molecular formula is C22H43N3O3. The molecule has 0 radical (unpaired) electrons. The molecule has 2 fully saturated rings. The Balaban J connectivity index is 1.73. The van der Waals surface area contributed by atoms with Gasteiger partial charge in [0.05, 0.1) is 26.4 Å². The van der Waals surface area contributed by atoms with E-state index in [-0.39, 0.29) is 0 Å². The van der Waals surface area contributed by atoms with E-state index in [1.165, 1.54) is 6.42 Å². The van der Waals surface area contributed by atoms with Gasteiger partial charge in [0.2, 0.25) is 5.91 Å². The Morgan fingerprint density at radius 2 is 1.57 bits per heavy atom. The third-order valence-corrected chi connectivity index (χ3v) is 5.81. The second kappa shape index (κ2) is 14.3. The smallest absolute Gasteiger partial charge is 0.222 e. The van der Waals surface area contributed by atoms with Gasteiger partial charge in [-0.25, -0.2) is 0 Å². The van der Waals surface area contributed by atoms with Crippen molar-refractivity contribution < 1.29 is 14.3 Å². The van der Waals surface area contributed by atoms with Crippen LogP contribution < -0.4 is 0 Å². The van der Waals surface area contributed by atoms with Crippen LogP contribution in [0.3, 0.4) is 0 Å². The largest absolute Gasteiger partial charge is 0.379 e. The van der Waals surface area contributed by atoms with Crippen molar-refractivity contribution >= 4 is 5.91 Å². The molecule has 0 N–H and O–H groups in total. The standard InChI is InChI=1S/C22H43N3O3/c1-3-4-5-8-22(26)25(10-7-6-9-23-11-15-27-16-12-23)20-21(2)19-24-13-17-28-18-14-24/h21H,3-20H2,1-2H3. The summed E-state index contributed by atoms with van der Waals surface area (Å²) in [4.78, 5) is 19.9. The number of ether oxygens (including phenoxy) is 2. The first-order valence-electron chi connectivity index (χ1n) is 11.6. The van der Waals surface area contributed by atoms with Gasteiger partial charge in [-0.1, -0.05) is 26.7 Å². The molecule has 28 heavy (non-hydrogen) atoms.